The van der Waals surface area contributed by atoms with Crippen LogP contribution >= 0.6 is 0 Å². The molecule has 1 saturated heterocycles. The van der Waals surface area contributed by atoms with E-state index >= 15 is 0 Å². The maximum atomic E-state index is 12.9. The molecular formula is C30H44O3. The van der Waals surface area contributed by atoms with Crippen molar-refractivity contribution in [2.45, 2.75) is 106 Å². The molecule has 0 aromatic heterocycles. The van der Waals surface area contributed by atoms with Gasteiger partial charge in [-0.1, -0.05) is 57.9 Å². The lowest BCUT2D eigenvalue weighted by Gasteiger charge is -2.63. The van der Waals surface area contributed by atoms with Crippen molar-refractivity contribution in [2.24, 2.45) is 45.3 Å². The third kappa shape index (κ3) is 2.99. The lowest BCUT2D eigenvalue weighted by atomic mass is 9.41. The summed E-state index contributed by atoms with van der Waals surface area (Å²) in [6.07, 6.45) is 12.9. The molecule has 0 spiro atoms. The highest BCUT2D eigenvalue weighted by Gasteiger charge is 2.70. The Kier molecular flexibility index (Phi) is 5.18. The zero-order valence-electron chi connectivity index (χ0n) is 21.9. The van der Waals surface area contributed by atoms with Gasteiger partial charge in [0.1, 0.15) is 11.9 Å². The third-order valence-electron chi connectivity index (χ3n) is 11.7. The molecule has 1 heterocycles. The van der Waals surface area contributed by atoms with Crippen LogP contribution in [0, 0.1) is 45.3 Å². The zero-order valence-corrected chi connectivity index (χ0v) is 21.9. The highest BCUT2D eigenvalue weighted by Crippen LogP contribution is 2.74. The van der Waals surface area contributed by atoms with E-state index in [2.05, 4.69) is 60.6 Å². The van der Waals surface area contributed by atoms with Crippen molar-refractivity contribution in [3.8, 4) is 0 Å². The Morgan fingerprint density at radius 2 is 1.85 bits per heavy atom. The normalized spacial score (nSPS) is 47.6. The molecule has 4 aliphatic carbocycles. The Morgan fingerprint density at radius 3 is 2.55 bits per heavy atom. The van der Waals surface area contributed by atoms with E-state index in [1.165, 1.54) is 18.4 Å². The Hall–Kier alpha value is -1.38. The van der Waals surface area contributed by atoms with Crippen LogP contribution in [0.4, 0.5) is 0 Å². The number of allylic oxidation sites excluding steroid dienone is 4. The van der Waals surface area contributed by atoms with E-state index in [0.717, 1.165) is 38.5 Å². The fourth-order valence-corrected chi connectivity index (χ4v) is 9.64. The molecule has 0 aromatic carbocycles. The monoisotopic (exact) mass is 452 g/mol. The van der Waals surface area contributed by atoms with Gasteiger partial charge in [0.15, 0.2) is 0 Å². The summed E-state index contributed by atoms with van der Waals surface area (Å²) in [7, 11) is 0. The summed E-state index contributed by atoms with van der Waals surface area (Å²) in [5.74, 6) is 1.86. The number of esters is 1. The molecule has 3 heteroatoms. The number of carbonyl (C=O) groups is 2. The number of Topliss-reactive ketones (excluding diaryl/α,β-unsaturated/α-hetero) is 1. The number of rotatable bonds is 3. The van der Waals surface area contributed by atoms with E-state index in [-0.39, 0.29) is 39.7 Å². The Balaban J connectivity index is 1.49. The van der Waals surface area contributed by atoms with Crippen molar-refractivity contribution >= 4 is 11.8 Å². The number of ether oxygens (including phenoxy) is 1. The van der Waals surface area contributed by atoms with E-state index < -0.39 is 0 Å². The van der Waals surface area contributed by atoms with Crippen LogP contribution in [0.5, 0.6) is 0 Å². The van der Waals surface area contributed by atoms with Gasteiger partial charge in [-0.15, -0.1) is 0 Å². The Labute approximate surface area is 200 Å². The fraction of sp³-hybridized carbons (Fsp3) is 0.800. The fourth-order valence-electron chi connectivity index (χ4n) is 9.64. The van der Waals surface area contributed by atoms with Crippen LogP contribution in [-0.2, 0) is 14.3 Å². The highest BCUT2D eigenvalue weighted by atomic mass is 16.6. The minimum absolute atomic E-state index is 0.0349. The number of hydrogen-bond donors (Lipinski definition) is 0. The van der Waals surface area contributed by atoms with Gasteiger partial charge in [0.2, 0.25) is 0 Å². The lowest BCUT2D eigenvalue weighted by molar-refractivity contribution is -0.147. The number of carbonyl (C=O) groups excluding carboxylic acids is 2. The van der Waals surface area contributed by atoms with E-state index in [1.54, 1.807) is 5.57 Å². The Bertz CT molecular complexity index is 936. The number of ketones is 1. The molecule has 5 aliphatic rings. The zero-order chi connectivity index (χ0) is 24.0. The smallest absolute Gasteiger partial charge is 0.309 e. The molecule has 0 bridgehead atoms. The van der Waals surface area contributed by atoms with Crippen molar-refractivity contribution in [2.75, 3.05) is 0 Å². The topological polar surface area (TPSA) is 43.4 Å². The van der Waals surface area contributed by atoms with Crippen molar-refractivity contribution < 1.29 is 14.3 Å². The van der Waals surface area contributed by atoms with E-state index in [0.29, 0.717) is 23.5 Å². The van der Waals surface area contributed by atoms with Crippen LogP contribution < -0.4 is 0 Å². The quantitative estimate of drug-likeness (QED) is 0.340. The van der Waals surface area contributed by atoms with Gasteiger partial charge in [0.25, 0.3) is 0 Å². The molecule has 5 rings (SSSR count). The minimum atomic E-state index is -0.228. The van der Waals surface area contributed by atoms with E-state index in [1.807, 2.05) is 0 Å². The van der Waals surface area contributed by atoms with Crippen molar-refractivity contribution in [3.05, 3.63) is 23.3 Å². The molecule has 4 fully saturated rings. The van der Waals surface area contributed by atoms with Gasteiger partial charge in [-0.3, -0.25) is 9.59 Å². The molecule has 0 radical (unpaired) electrons. The maximum Gasteiger partial charge on any atom is 0.309 e. The van der Waals surface area contributed by atoms with Crippen molar-refractivity contribution in [3.63, 3.8) is 0 Å². The first-order valence-electron chi connectivity index (χ1n) is 13.4. The van der Waals surface area contributed by atoms with Crippen LogP contribution in [0.15, 0.2) is 23.3 Å². The van der Waals surface area contributed by atoms with Gasteiger partial charge in [-0.25, -0.2) is 0 Å². The molecular weight excluding hydrogens is 408 g/mol. The Morgan fingerprint density at radius 1 is 1.12 bits per heavy atom. The molecule has 3 nitrogen and oxygen atoms in total. The molecule has 0 N–H and O–H groups in total. The predicted molar refractivity (Wildman–Crippen MR) is 131 cm³/mol. The first kappa shape index (κ1) is 23.4. The van der Waals surface area contributed by atoms with Crippen LogP contribution in [-0.4, -0.2) is 17.9 Å². The summed E-state index contributed by atoms with van der Waals surface area (Å²) in [4.78, 5) is 25.7. The van der Waals surface area contributed by atoms with Crippen LogP contribution in [0.3, 0.4) is 0 Å². The van der Waals surface area contributed by atoms with Crippen LogP contribution in [0.2, 0.25) is 0 Å². The summed E-state index contributed by atoms with van der Waals surface area (Å²) >= 11 is 0. The first-order chi connectivity index (χ1) is 15.4. The molecule has 182 valence electrons. The predicted octanol–water partition coefficient (Wildman–Crippen LogP) is 7.06. The lowest BCUT2D eigenvalue weighted by Crippen LogP contribution is -2.57. The van der Waals surface area contributed by atoms with E-state index in [4.69, 9.17) is 4.74 Å². The van der Waals surface area contributed by atoms with Gasteiger partial charge in [0, 0.05) is 17.8 Å². The molecule has 8 atom stereocenters. The average Bonchev–Trinajstić information content (AvgIpc) is 3.14. The maximum absolute atomic E-state index is 12.9. The molecule has 0 aromatic rings. The molecule has 0 amide bonds. The van der Waals surface area contributed by atoms with E-state index in [9.17, 15) is 9.59 Å². The second-order valence-electron chi connectivity index (χ2n) is 13.6. The number of hydrogen-bond acceptors (Lipinski definition) is 3. The van der Waals surface area contributed by atoms with Gasteiger partial charge in [-0.2, -0.15) is 0 Å². The summed E-state index contributed by atoms with van der Waals surface area (Å²) in [6, 6.07) is 0. The van der Waals surface area contributed by atoms with Crippen molar-refractivity contribution in [1.29, 1.82) is 0 Å². The van der Waals surface area contributed by atoms with Gasteiger partial charge in [-0.05, 0) is 86.9 Å². The highest BCUT2D eigenvalue weighted by molar-refractivity contribution is 5.85. The summed E-state index contributed by atoms with van der Waals surface area (Å²) in [5, 5.41) is 0. The standard InChI is InChI=1S/C30H44O3/c1-18(2)9-8-10-19-25-22(33-26(19)32)17-30(7)21-11-12-23-27(3,4)24(31)14-15-28(23,5)20(21)13-16-29(25,30)6/h9,11,19-20,22-23,25H,8,10,12-17H2,1-7H3/t19-,20+,22+,23+,25-,28-,29+,30-/m1/s1. The summed E-state index contributed by atoms with van der Waals surface area (Å²) < 4.78 is 6.10. The molecule has 3 saturated carbocycles. The third-order valence-corrected chi connectivity index (χ3v) is 11.7. The van der Waals surface area contributed by atoms with Gasteiger partial charge < -0.3 is 4.74 Å². The summed E-state index contributed by atoms with van der Waals surface area (Å²) in [5.41, 5.74) is 3.13. The minimum Gasteiger partial charge on any atom is -0.462 e. The van der Waals surface area contributed by atoms with Gasteiger partial charge >= 0.3 is 5.97 Å². The molecule has 33 heavy (non-hydrogen) atoms. The van der Waals surface area contributed by atoms with Gasteiger partial charge in [0.05, 0.1) is 5.92 Å². The second kappa shape index (κ2) is 7.31. The van der Waals surface area contributed by atoms with Crippen LogP contribution in [0.1, 0.15) is 99.8 Å². The molecule has 0 unspecified atom stereocenters. The molecule has 1 aliphatic heterocycles. The largest absolute Gasteiger partial charge is 0.462 e. The van der Waals surface area contributed by atoms with Crippen molar-refractivity contribution in [1.82, 2.24) is 0 Å². The van der Waals surface area contributed by atoms with Crippen LogP contribution in [0.25, 0.3) is 0 Å². The average molecular weight is 453 g/mol. The SMILES string of the molecule is CC(C)=CCC[C@H]1C(=O)O[C@H]2C[C@]3(C)C4=CC[C@H]5C(C)(C)C(=O)CC[C@]5(C)[C@H]4CC[C@@]3(C)[C@@H]21. The summed E-state index contributed by atoms with van der Waals surface area (Å²) in [6.45, 7) is 16.1. The number of fused-ring (bicyclic) bond motifs is 7. The second-order valence-corrected chi connectivity index (χ2v) is 13.6. The first-order valence-corrected chi connectivity index (χ1v) is 13.4.